The molecule has 4 aromatic carbocycles. The van der Waals surface area contributed by atoms with E-state index in [4.69, 9.17) is 4.74 Å². The molecule has 34 heavy (non-hydrogen) atoms. The second-order valence-electron chi connectivity index (χ2n) is 8.59. The number of hydrogen-bond donors (Lipinski definition) is 3. The van der Waals surface area contributed by atoms with Crippen LogP contribution in [0.4, 0.5) is 17.1 Å². The third-order valence-electron chi connectivity index (χ3n) is 6.40. The molecule has 0 aliphatic carbocycles. The van der Waals surface area contributed by atoms with Gasteiger partial charge in [0.05, 0.1) is 0 Å². The number of benzene rings is 4. The fraction of sp³-hybridized carbons (Fsp3) is 0.172. The SMILES string of the molecule is Cc1cc(O)ccc1Oc1cccc(N(c2ccc(O)c(C)c2C)c2ccc(O)c(C)c2C)c1. The maximum absolute atomic E-state index is 10.2. The summed E-state index contributed by atoms with van der Waals surface area (Å²) in [7, 11) is 0. The van der Waals surface area contributed by atoms with Crippen LogP contribution in [-0.4, -0.2) is 15.3 Å². The molecule has 0 unspecified atom stereocenters. The zero-order chi connectivity index (χ0) is 24.6. The van der Waals surface area contributed by atoms with Crippen LogP contribution in [0, 0.1) is 34.6 Å². The fourth-order valence-corrected chi connectivity index (χ4v) is 4.04. The van der Waals surface area contributed by atoms with Gasteiger partial charge in [0, 0.05) is 23.1 Å². The highest BCUT2D eigenvalue weighted by molar-refractivity contribution is 5.82. The lowest BCUT2D eigenvalue weighted by Crippen LogP contribution is -2.13. The summed E-state index contributed by atoms with van der Waals surface area (Å²) < 4.78 is 6.16. The van der Waals surface area contributed by atoms with Crippen LogP contribution in [-0.2, 0) is 0 Å². The molecule has 5 heteroatoms. The summed E-state index contributed by atoms with van der Waals surface area (Å²) in [6.45, 7) is 9.65. The van der Waals surface area contributed by atoms with Crippen molar-refractivity contribution < 1.29 is 20.1 Å². The molecule has 4 rings (SSSR count). The molecule has 0 radical (unpaired) electrons. The first-order valence-corrected chi connectivity index (χ1v) is 11.1. The Morgan fingerprint density at radius 2 is 1.21 bits per heavy atom. The molecule has 3 N–H and O–H groups in total. The number of phenolic OH excluding ortho intramolecular Hbond substituents is 3. The largest absolute Gasteiger partial charge is 0.508 e. The summed E-state index contributed by atoms with van der Waals surface area (Å²) in [5.41, 5.74) is 7.05. The zero-order valence-corrected chi connectivity index (χ0v) is 20.0. The third-order valence-corrected chi connectivity index (χ3v) is 6.40. The first-order valence-electron chi connectivity index (χ1n) is 11.1. The van der Waals surface area contributed by atoms with Gasteiger partial charge in [0.1, 0.15) is 28.7 Å². The molecule has 0 saturated carbocycles. The molecule has 0 amide bonds. The number of hydrogen-bond acceptors (Lipinski definition) is 5. The van der Waals surface area contributed by atoms with Crippen molar-refractivity contribution in [3.8, 4) is 28.7 Å². The second-order valence-corrected chi connectivity index (χ2v) is 8.59. The molecule has 0 aromatic heterocycles. The summed E-state index contributed by atoms with van der Waals surface area (Å²) in [4.78, 5) is 2.11. The van der Waals surface area contributed by atoms with Crippen molar-refractivity contribution >= 4 is 17.1 Å². The van der Waals surface area contributed by atoms with Crippen LogP contribution < -0.4 is 9.64 Å². The van der Waals surface area contributed by atoms with Crippen LogP contribution >= 0.6 is 0 Å². The topological polar surface area (TPSA) is 73.2 Å². The minimum Gasteiger partial charge on any atom is -0.508 e. The van der Waals surface area contributed by atoms with Gasteiger partial charge in [0.15, 0.2) is 0 Å². The van der Waals surface area contributed by atoms with Gasteiger partial charge in [-0.15, -0.1) is 0 Å². The predicted octanol–water partition coefficient (Wildman–Crippen LogP) is 7.61. The highest BCUT2D eigenvalue weighted by Crippen LogP contribution is 2.43. The van der Waals surface area contributed by atoms with Crippen LogP contribution in [0.1, 0.15) is 27.8 Å². The maximum Gasteiger partial charge on any atom is 0.130 e. The number of phenols is 3. The summed E-state index contributed by atoms with van der Waals surface area (Å²) in [5, 5.41) is 30.2. The van der Waals surface area contributed by atoms with Crippen LogP contribution in [0.15, 0.2) is 66.7 Å². The minimum absolute atomic E-state index is 0.195. The van der Waals surface area contributed by atoms with E-state index in [2.05, 4.69) is 4.90 Å². The molecule has 0 aliphatic heterocycles. The summed E-state index contributed by atoms with van der Waals surface area (Å²) in [6, 6.07) is 20.0. The molecule has 0 aliphatic rings. The van der Waals surface area contributed by atoms with E-state index in [0.29, 0.717) is 11.5 Å². The van der Waals surface area contributed by atoms with E-state index in [-0.39, 0.29) is 17.2 Å². The monoisotopic (exact) mass is 455 g/mol. The van der Waals surface area contributed by atoms with Gasteiger partial charge < -0.3 is 25.0 Å². The molecule has 5 nitrogen and oxygen atoms in total. The molecule has 0 spiro atoms. The van der Waals surface area contributed by atoms with Crippen molar-refractivity contribution in [2.45, 2.75) is 34.6 Å². The van der Waals surface area contributed by atoms with Crippen LogP contribution in [0.2, 0.25) is 0 Å². The smallest absolute Gasteiger partial charge is 0.130 e. The molecule has 0 fully saturated rings. The Morgan fingerprint density at radius 3 is 1.76 bits per heavy atom. The first kappa shape index (κ1) is 23.1. The predicted molar refractivity (Wildman–Crippen MR) is 136 cm³/mol. The van der Waals surface area contributed by atoms with Gasteiger partial charge in [0.2, 0.25) is 0 Å². The molecule has 0 heterocycles. The van der Waals surface area contributed by atoms with Crippen molar-refractivity contribution in [1.82, 2.24) is 0 Å². The minimum atomic E-state index is 0.195. The van der Waals surface area contributed by atoms with E-state index in [1.165, 1.54) is 0 Å². The van der Waals surface area contributed by atoms with Gasteiger partial charge in [-0.05, 0) is 117 Å². The highest BCUT2D eigenvalue weighted by atomic mass is 16.5. The van der Waals surface area contributed by atoms with E-state index < -0.39 is 0 Å². The highest BCUT2D eigenvalue weighted by Gasteiger charge is 2.20. The van der Waals surface area contributed by atoms with Crippen molar-refractivity contribution in [1.29, 1.82) is 0 Å². The number of rotatable bonds is 5. The van der Waals surface area contributed by atoms with Crippen molar-refractivity contribution in [3.63, 3.8) is 0 Å². The summed E-state index contributed by atoms with van der Waals surface area (Å²) in [5.74, 6) is 2.01. The van der Waals surface area contributed by atoms with Crippen molar-refractivity contribution in [2.24, 2.45) is 0 Å². The third kappa shape index (κ3) is 4.25. The van der Waals surface area contributed by atoms with Crippen molar-refractivity contribution in [2.75, 3.05) is 4.90 Å². The van der Waals surface area contributed by atoms with E-state index >= 15 is 0 Å². The summed E-state index contributed by atoms with van der Waals surface area (Å²) in [6.07, 6.45) is 0. The number of aryl methyl sites for hydroxylation is 1. The molecule has 4 aromatic rings. The van der Waals surface area contributed by atoms with Gasteiger partial charge >= 0.3 is 0 Å². The lowest BCUT2D eigenvalue weighted by atomic mass is 10.0. The molecular formula is C29H29NO4. The first-order chi connectivity index (χ1) is 16.2. The van der Waals surface area contributed by atoms with Gasteiger partial charge in [-0.25, -0.2) is 0 Å². The average molecular weight is 456 g/mol. The Kier molecular flexibility index (Phi) is 6.12. The molecule has 0 atom stereocenters. The molecule has 0 saturated heterocycles. The van der Waals surface area contributed by atoms with E-state index in [0.717, 1.165) is 44.9 Å². The van der Waals surface area contributed by atoms with Gasteiger partial charge in [0.25, 0.3) is 0 Å². The van der Waals surface area contributed by atoms with Crippen LogP contribution in [0.5, 0.6) is 28.7 Å². The number of aromatic hydroxyl groups is 3. The fourth-order valence-electron chi connectivity index (χ4n) is 4.04. The normalized spacial score (nSPS) is 10.9. The summed E-state index contributed by atoms with van der Waals surface area (Å²) >= 11 is 0. The zero-order valence-electron chi connectivity index (χ0n) is 20.0. The molecule has 174 valence electrons. The lowest BCUT2D eigenvalue weighted by Gasteiger charge is -2.30. The maximum atomic E-state index is 10.2. The average Bonchev–Trinajstić information content (AvgIpc) is 2.81. The number of nitrogens with zero attached hydrogens (tertiary/aromatic N) is 1. The molecular weight excluding hydrogens is 426 g/mol. The van der Waals surface area contributed by atoms with Gasteiger partial charge in [-0.1, -0.05) is 6.07 Å². The Hall–Kier alpha value is -4.12. The van der Waals surface area contributed by atoms with Crippen LogP contribution in [0.25, 0.3) is 0 Å². The molecule has 0 bridgehead atoms. The van der Waals surface area contributed by atoms with Crippen molar-refractivity contribution in [3.05, 3.63) is 94.5 Å². The lowest BCUT2D eigenvalue weighted by molar-refractivity contribution is 0.461. The second kappa shape index (κ2) is 9.02. The van der Waals surface area contributed by atoms with Crippen LogP contribution in [0.3, 0.4) is 0 Å². The van der Waals surface area contributed by atoms with Gasteiger partial charge in [-0.2, -0.15) is 0 Å². The number of ether oxygens (including phenoxy) is 1. The Morgan fingerprint density at radius 1 is 0.618 bits per heavy atom. The Bertz CT molecular complexity index is 1320. The van der Waals surface area contributed by atoms with E-state index in [9.17, 15) is 15.3 Å². The van der Waals surface area contributed by atoms with E-state index in [1.54, 1.807) is 30.3 Å². The Balaban J connectivity index is 1.87. The Labute approximate surface area is 200 Å². The standard InChI is InChI=1S/C29H29NO4/c1-17-15-23(31)9-14-29(17)34-24-8-6-7-22(16-24)30(25-10-12-27(32)20(4)18(25)2)26-11-13-28(33)21(5)19(26)3/h6-16,31-33H,1-5H3. The van der Waals surface area contributed by atoms with Gasteiger partial charge in [-0.3, -0.25) is 0 Å². The van der Waals surface area contributed by atoms with E-state index in [1.807, 2.05) is 71.0 Å². The number of anilines is 3. The quantitative estimate of drug-likeness (QED) is 0.289.